The number of hydrogen-bond acceptors (Lipinski definition) is 1. The standard InChI is InChI=1S/C10H16O.C2H6/c1-5-8(2)6-7-9(3)10(4)11;1-2/h6-7H,5H2,1-4H3;1-2H3/b8-6-,9-7+;. The lowest BCUT2D eigenvalue weighted by molar-refractivity contribution is -0.113. The molecule has 0 radical (unpaired) electrons. The Morgan fingerprint density at radius 1 is 1.08 bits per heavy atom. The SMILES string of the molecule is CC.CC/C(C)=C\C=C(/C)C(C)=O. The lowest BCUT2D eigenvalue weighted by Gasteiger charge is -1.92. The molecule has 0 bridgehead atoms. The minimum atomic E-state index is 0.144. The first-order valence-corrected chi connectivity index (χ1v) is 4.93. The predicted molar refractivity (Wildman–Crippen MR) is 59.8 cm³/mol. The Morgan fingerprint density at radius 2 is 1.54 bits per heavy atom. The molecule has 0 atom stereocenters. The van der Waals surface area contributed by atoms with Crippen molar-refractivity contribution in [2.45, 2.75) is 48.0 Å². The fourth-order valence-electron chi connectivity index (χ4n) is 0.502. The highest BCUT2D eigenvalue weighted by molar-refractivity contribution is 5.92. The molecule has 0 aromatic rings. The minimum Gasteiger partial charge on any atom is -0.295 e. The van der Waals surface area contributed by atoms with Crippen LogP contribution in [0.5, 0.6) is 0 Å². The van der Waals surface area contributed by atoms with Crippen molar-refractivity contribution in [3.63, 3.8) is 0 Å². The zero-order valence-corrected chi connectivity index (χ0v) is 9.77. The van der Waals surface area contributed by atoms with E-state index in [2.05, 4.69) is 13.8 Å². The van der Waals surface area contributed by atoms with Gasteiger partial charge in [0, 0.05) is 0 Å². The van der Waals surface area contributed by atoms with Gasteiger partial charge in [0.05, 0.1) is 0 Å². The van der Waals surface area contributed by atoms with Gasteiger partial charge in [-0.25, -0.2) is 0 Å². The van der Waals surface area contributed by atoms with Crippen LogP contribution in [-0.2, 0) is 4.79 Å². The molecule has 13 heavy (non-hydrogen) atoms. The molecule has 0 aliphatic rings. The van der Waals surface area contributed by atoms with Gasteiger partial charge in [0.2, 0.25) is 0 Å². The molecular formula is C12H22O. The van der Waals surface area contributed by atoms with E-state index in [0.717, 1.165) is 12.0 Å². The van der Waals surface area contributed by atoms with Gasteiger partial charge in [0.15, 0.2) is 5.78 Å². The van der Waals surface area contributed by atoms with Crippen LogP contribution in [0.2, 0.25) is 0 Å². The number of hydrogen-bond donors (Lipinski definition) is 0. The van der Waals surface area contributed by atoms with E-state index < -0.39 is 0 Å². The molecule has 0 fully saturated rings. The van der Waals surface area contributed by atoms with Crippen LogP contribution in [0.15, 0.2) is 23.3 Å². The third kappa shape index (κ3) is 9.06. The maximum Gasteiger partial charge on any atom is 0.155 e. The topological polar surface area (TPSA) is 17.1 Å². The van der Waals surface area contributed by atoms with Crippen LogP contribution in [-0.4, -0.2) is 5.78 Å². The average Bonchev–Trinajstić information content (AvgIpc) is 2.16. The van der Waals surface area contributed by atoms with Gasteiger partial charge in [-0.1, -0.05) is 38.5 Å². The van der Waals surface area contributed by atoms with Crippen molar-refractivity contribution >= 4 is 5.78 Å². The number of rotatable bonds is 3. The Kier molecular flexibility index (Phi) is 10.4. The van der Waals surface area contributed by atoms with Crippen LogP contribution in [0.3, 0.4) is 0 Å². The Labute approximate surface area is 82.5 Å². The molecule has 0 aliphatic carbocycles. The largest absolute Gasteiger partial charge is 0.295 e. The summed E-state index contributed by atoms with van der Waals surface area (Å²) in [6.45, 7) is 11.6. The summed E-state index contributed by atoms with van der Waals surface area (Å²) in [4.78, 5) is 10.7. The molecule has 1 heteroatoms. The molecule has 0 rings (SSSR count). The predicted octanol–water partition coefficient (Wildman–Crippen LogP) is 3.90. The average molecular weight is 182 g/mol. The van der Waals surface area contributed by atoms with Gasteiger partial charge in [0.1, 0.15) is 0 Å². The normalized spacial score (nSPS) is 11.8. The van der Waals surface area contributed by atoms with E-state index in [1.54, 1.807) is 6.92 Å². The van der Waals surface area contributed by atoms with E-state index >= 15 is 0 Å². The zero-order chi connectivity index (χ0) is 10.9. The summed E-state index contributed by atoms with van der Waals surface area (Å²) in [7, 11) is 0. The summed E-state index contributed by atoms with van der Waals surface area (Å²) in [5.74, 6) is 0.144. The molecule has 0 aromatic carbocycles. The quantitative estimate of drug-likeness (QED) is 0.478. The molecule has 1 nitrogen and oxygen atoms in total. The lowest BCUT2D eigenvalue weighted by atomic mass is 10.1. The smallest absolute Gasteiger partial charge is 0.155 e. The third-order valence-corrected chi connectivity index (χ3v) is 1.73. The van der Waals surface area contributed by atoms with Gasteiger partial charge in [-0.2, -0.15) is 0 Å². The van der Waals surface area contributed by atoms with Gasteiger partial charge in [-0.3, -0.25) is 4.79 Å². The van der Waals surface area contributed by atoms with E-state index in [1.165, 1.54) is 5.57 Å². The number of carbonyl (C=O) groups is 1. The maximum absolute atomic E-state index is 10.7. The number of allylic oxidation sites excluding steroid dienone is 4. The monoisotopic (exact) mass is 182 g/mol. The summed E-state index contributed by atoms with van der Waals surface area (Å²) in [6.07, 6.45) is 4.92. The van der Waals surface area contributed by atoms with Crippen LogP contribution < -0.4 is 0 Å². The van der Waals surface area contributed by atoms with Crippen LogP contribution >= 0.6 is 0 Å². The molecule has 0 spiro atoms. The second-order valence-corrected chi connectivity index (χ2v) is 2.77. The molecule has 76 valence electrons. The van der Waals surface area contributed by atoms with E-state index in [-0.39, 0.29) is 5.78 Å². The Bertz CT molecular complexity index is 197. The van der Waals surface area contributed by atoms with E-state index in [4.69, 9.17) is 0 Å². The molecule has 0 saturated carbocycles. The summed E-state index contributed by atoms with van der Waals surface area (Å²) in [6, 6.07) is 0. The lowest BCUT2D eigenvalue weighted by Crippen LogP contribution is -1.89. The molecule has 0 unspecified atom stereocenters. The Hall–Kier alpha value is -0.850. The zero-order valence-electron chi connectivity index (χ0n) is 9.77. The van der Waals surface area contributed by atoms with Crippen LogP contribution in [0.4, 0.5) is 0 Å². The second-order valence-electron chi connectivity index (χ2n) is 2.77. The maximum atomic E-state index is 10.7. The molecule has 0 saturated heterocycles. The van der Waals surface area contributed by atoms with Gasteiger partial charge in [0.25, 0.3) is 0 Å². The molecular weight excluding hydrogens is 160 g/mol. The second kappa shape index (κ2) is 9.24. The fourth-order valence-corrected chi connectivity index (χ4v) is 0.502. The number of ketones is 1. The Balaban J connectivity index is 0. The summed E-state index contributed by atoms with van der Waals surface area (Å²) in [5.41, 5.74) is 2.11. The van der Waals surface area contributed by atoms with Gasteiger partial charge >= 0.3 is 0 Å². The molecule has 0 amide bonds. The third-order valence-electron chi connectivity index (χ3n) is 1.73. The number of carbonyl (C=O) groups excluding carboxylic acids is 1. The van der Waals surface area contributed by atoms with Crippen LogP contribution in [0.1, 0.15) is 48.0 Å². The van der Waals surface area contributed by atoms with Crippen molar-refractivity contribution in [1.82, 2.24) is 0 Å². The van der Waals surface area contributed by atoms with E-state index in [9.17, 15) is 4.79 Å². The molecule has 0 aromatic heterocycles. The highest BCUT2D eigenvalue weighted by Gasteiger charge is 1.92. The van der Waals surface area contributed by atoms with Gasteiger partial charge in [-0.05, 0) is 32.8 Å². The van der Waals surface area contributed by atoms with Crippen LogP contribution in [0, 0.1) is 0 Å². The first-order chi connectivity index (χ1) is 6.07. The van der Waals surface area contributed by atoms with Crippen LogP contribution in [0.25, 0.3) is 0 Å². The minimum absolute atomic E-state index is 0.144. The fraction of sp³-hybridized carbons (Fsp3) is 0.583. The summed E-state index contributed by atoms with van der Waals surface area (Å²) >= 11 is 0. The highest BCUT2D eigenvalue weighted by Crippen LogP contribution is 2.01. The van der Waals surface area contributed by atoms with Gasteiger partial charge in [-0.15, -0.1) is 0 Å². The van der Waals surface area contributed by atoms with Gasteiger partial charge < -0.3 is 0 Å². The summed E-state index contributed by atoms with van der Waals surface area (Å²) < 4.78 is 0. The Morgan fingerprint density at radius 3 is 1.85 bits per heavy atom. The van der Waals surface area contributed by atoms with Crippen molar-refractivity contribution < 1.29 is 4.79 Å². The molecule has 0 N–H and O–H groups in total. The summed E-state index contributed by atoms with van der Waals surface area (Å²) in [5, 5.41) is 0. The molecule has 0 heterocycles. The first-order valence-electron chi connectivity index (χ1n) is 4.93. The van der Waals surface area contributed by atoms with E-state index in [0.29, 0.717) is 0 Å². The van der Waals surface area contributed by atoms with Crippen molar-refractivity contribution in [3.05, 3.63) is 23.3 Å². The first kappa shape index (κ1) is 14.7. The van der Waals surface area contributed by atoms with Crippen molar-refractivity contribution in [3.8, 4) is 0 Å². The van der Waals surface area contributed by atoms with E-state index in [1.807, 2.05) is 32.9 Å². The van der Waals surface area contributed by atoms with Crippen molar-refractivity contribution in [1.29, 1.82) is 0 Å². The van der Waals surface area contributed by atoms with Crippen molar-refractivity contribution in [2.75, 3.05) is 0 Å². The van der Waals surface area contributed by atoms with Crippen molar-refractivity contribution in [2.24, 2.45) is 0 Å². The highest BCUT2D eigenvalue weighted by atomic mass is 16.1. The number of Topliss-reactive ketones (excluding diaryl/α,β-unsaturated/α-hetero) is 1. The molecule has 0 aliphatic heterocycles.